The molecule has 0 aliphatic heterocycles. The van der Waals surface area contributed by atoms with Gasteiger partial charge in [-0.25, -0.2) is 0 Å². The van der Waals surface area contributed by atoms with Gasteiger partial charge < -0.3 is 0 Å². The van der Waals surface area contributed by atoms with Gasteiger partial charge in [0.05, 0.1) is 0 Å². The molecule has 154 valence electrons. The summed E-state index contributed by atoms with van der Waals surface area (Å²) in [5.74, 6) is 4.08. The molecule has 0 nitrogen and oxygen atoms in total. The summed E-state index contributed by atoms with van der Waals surface area (Å²) in [5, 5.41) is 0. The number of unbranched alkanes of at least 4 members (excludes halogenated alkanes) is 1. The Morgan fingerprint density at radius 3 is 1.93 bits per heavy atom. The highest BCUT2D eigenvalue weighted by Crippen LogP contribution is 2.40. The van der Waals surface area contributed by atoms with Crippen molar-refractivity contribution in [3.63, 3.8) is 0 Å². The predicted molar refractivity (Wildman–Crippen MR) is 123 cm³/mol. The Balaban J connectivity index is 2.92. The Morgan fingerprint density at radius 1 is 0.815 bits per heavy atom. The van der Waals surface area contributed by atoms with Gasteiger partial charge in [-0.05, 0) is 60.8 Å². The van der Waals surface area contributed by atoms with Crippen molar-refractivity contribution in [3.8, 4) is 0 Å². The van der Waals surface area contributed by atoms with E-state index in [0.29, 0.717) is 29.6 Å². The lowest BCUT2D eigenvalue weighted by atomic mass is 9.69. The molecule has 0 spiro atoms. The van der Waals surface area contributed by atoms with E-state index < -0.39 is 0 Å². The third-order valence-corrected chi connectivity index (χ3v) is 7.32. The smallest absolute Gasteiger partial charge is 0.0162 e. The molecule has 0 aliphatic rings. The highest BCUT2D eigenvalue weighted by atomic mass is 14.3. The van der Waals surface area contributed by atoms with Crippen LogP contribution in [-0.4, -0.2) is 0 Å². The maximum absolute atomic E-state index is 2.57. The molecule has 1 rings (SSSR count). The summed E-state index contributed by atoms with van der Waals surface area (Å²) in [7, 11) is 0. The van der Waals surface area contributed by atoms with Crippen LogP contribution in [0.25, 0.3) is 0 Å². The second-order valence-corrected chi connectivity index (χ2v) is 9.25. The molecule has 0 aromatic heterocycles. The molecule has 0 fully saturated rings. The van der Waals surface area contributed by atoms with Crippen molar-refractivity contribution in [2.24, 2.45) is 29.6 Å². The van der Waals surface area contributed by atoms with E-state index in [1.165, 1.54) is 36.8 Å². The van der Waals surface area contributed by atoms with Crippen molar-refractivity contribution in [3.05, 3.63) is 47.0 Å². The zero-order valence-corrected chi connectivity index (χ0v) is 19.7. The minimum Gasteiger partial charge on any atom is -0.0848 e. The van der Waals surface area contributed by atoms with Crippen molar-refractivity contribution < 1.29 is 0 Å². The molecule has 0 N–H and O–H groups in total. The number of rotatable bonds is 11. The van der Waals surface area contributed by atoms with Crippen LogP contribution >= 0.6 is 0 Å². The molecule has 0 saturated heterocycles. The van der Waals surface area contributed by atoms with Crippen molar-refractivity contribution in [1.82, 2.24) is 0 Å². The van der Waals surface area contributed by atoms with Gasteiger partial charge in [-0.1, -0.05) is 110 Å². The lowest BCUT2D eigenvalue weighted by molar-refractivity contribution is 0.203. The Bertz CT molecular complexity index is 550. The predicted octanol–water partition coefficient (Wildman–Crippen LogP) is 8.81. The summed E-state index contributed by atoms with van der Waals surface area (Å²) in [5.41, 5.74) is 4.55. The van der Waals surface area contributed by atoms with Crippen LogP contribution in [0.15, 0.2) is 35.9 Å². The first-order valence-corrected chi connectivity index (χ1v) is 11.5. The Hall–Kier alpha value is -1.04. The maximum atomic E-state index is 2.57. The van der Waals surface area contributed by atoms with E-state index >= 15 is 0 Å². The SMILES string of the molecule is CCCC=C(C(C)CCC)C(C)C(C)C(C)C(C)C(C)c1ccc(C)cc1. The fourth-order valence-corrected chi connectivity index (χ4v) is 4.61. The van der Waals surface area contributed by atoms with E-state index in [1.807, 2.05) is 0 Å². The van der Waals surface area contributed by atoms with Gasteiger partial charge in [0.15, 0.2) is 0 Å². The fourth-order valence-electron chi connectivity index (χ4n) is 4.61. The zero-order chi connectivity index (χ0) is 20.6. The van der Waals surface area contributed by atoms with Crippen molar-refractivity contribution >= 4 is 0 Å². The van der Waals surface area contributed by atoms with Crippen molar-refractivity contribution in [2.45, 2.75) is 93.9 Å². The summed E-state index contributed by atoms with van der Waals surface area (Å²) < 4.78 is 0. The molecule has 0 heteroatoms. The molecule has 0 amide bonds. The molecule has 0 radical (unpaired) electrons. The van der Waals surface area contributed by atoms with E-state index in [-0.39, 0.29) is 0 Å². The molecule has 0 heterocycles. The van der Waals surface area contributed by atoms with Gasteiger partial charge in [0, 0.05) is 0 Å². The highest BCUT2D eigenvalue weighted by molar-refractivity contribution is 5.24. The summed E-state index contributed by atoms with van der Waals surface area (Å²) in [4.78, 5) is 0. The minimum atomic E-state index is 0.603. The van der Waals surface area contributed by atoms with E-state index in [4.69, 9.17) is 0 Å². The average Bonchev–Trinajstić information content (AvgIpc) is 2.66. The monoisotopic (exact) mass is 370 g/mol. The number of benzene rings is 1. The van der Waals surface area contributed by atoms with Crippen LogP contribution in [0.1, 0.15) is 98.1 Å². The fraction of sp³-hybridized carbons (Fsp3) is 0.704. The Morgan fingerprint density at radius 2 is 1.41 bits per heavy atom. The van der Waals surface area contributed by atoms with Crippen LogP contribution < -0.4 is 0 Å². The van der Waals surface area contributed by atoms with E-state index in [0.717, 1.165) is 5.92 Å². The van der Waals surface area contributed by atoms with Gasteiger partial charge in [-0.15, -0.1) is 0 Å². The lowest BCUT2D eigenvalue weighted by Gasteiger charge is -2.36. The molecule has 6 atom stereocenters. The molecular formula is C27H46. The molecule has 0 bridgehead atoms. The topological polar surface area (TPSA) is 0 Å². The maximum Gasteiger partial charge on any atom is -0.0162 e. The average molecular weight is 371 g/mol. The third kappa shape index (κ3) is 6.81. The van der Waals surface area contributed by atoms with E-state index in [2.05, 4.69) is 92.7 Å². The molecule has 1 aromatic rings. The van der Waals surface area contributed by atoms with Crippen molar-refractivity contribution in [1.29, 1.82) is 0 Å². The highest BCUT2D eigenvalue weighted by Gasteiger charge is 2.30. The van der Waals surface area contributed by atoms with Gasteiger partial charge in [0.1, 0.15) is 0 Å². The number of hydrogen-bond donors (Lipinski definition) is 0. The van der Waals surface area contributed by atoms with Gasteiger partial charge in [0.25, 0.3) is 0 Å². The van der Waals surface area contributed by atoms with Gasteiger partial charge in [0.2, 0.25) is 0 Å². The van der Waals surface area contributed by atoms with Crippen molar-refractivity contribution in [2.75, 3.05) is 0 Å². The summed E-state index contributed by atoms with van der Waals surface area (Å²) >= 11 is 0. The van der Waals surface area contributed by atoms with Crippen LogP contribution in [0, 0.1) is 36.5 Å². The Labute approximate surface area is 170 Å². The molecule has 0 aliphatic carbocycles. The van der Waals surface area contributed by atoms with Crippen LogP contribution in [-0.2, 0) is 0 Å². The minimum absolute atomic E-state index is 0.603. The molecule has 27 heavy (non-hydrogen) atoms. The zero-order valence-electron chi connectivity index (χ0n) is 19.7. The molecule has 0 saturated carbocycles. The lowest BCUT2D eigenvalue weighted by Crippen LogP contribution is -2.27. The van der Waals surface area contributed by atoms with Crippen LogP contribution in [0.2, 0.25) is 0 Å². The normalized spacial score (nSPS) is 19.2. The molecule has 1 aromatic carbocycles. The number of allylic oxidation sites excluding steroid dienone is 2. The van der Waals surface area contributed by atoms with Crippen LogP contribution in [0.5, 0.6) is 0 Å². The quantitative estimate of drug-likeness (QED) is 0.341. The summed E-state index contributed by atoms with van der Waals surface area (Å²) in [6.07, 6.45) is 7.64. The largest absolute Gasteiger partial charge is 0.0848 e. The molecular weight excluding hydrogens is 324 g/mol. The summed E-state index contributed by atoms with van der Waals surface area (Å²) in [6.45, 7) is 21.6. The van der Waals surface area contributed by atoms with E-state index in [1.54, 1.807) is 5.57 Å². The number of aryl methyl sites for hydroxylation is 1. The van der Waals surface area contributed by atoms with Crippen LogP contribution in [0.4, 0.5) is 0 Å². The first kappa shape index (κ1) is 24.0. The van der Waals surface area contributed by atoms with Gasteiger partial charge in [-0.2, -0.15) is 0 Å². The standard InChI is InChI=1S/C27H46/c1-10-12-14-27(20(4)13-11-2)25(9)23(7)21(5)22(6)24(8)26-17-15-19(3)16-18-26/h14-18,20-25H,10-13H2,1-9H3. The first-order chi connectivity index (χ1) is 12.7. The first-order valence-electron chi connectivity index (χ1n) is 11.5. The summed E-state index contributed by atoms with van der Waals surface area (Å²) in [6, 6.07) is 9.17. The van der Waals surface area contributed by atoms with Gasteiger partial charge >= 0.3 is 0 Å². The molecule has 6 unspecified atom stereocenters. The number of hydrogen-bond acceptors (Lipinski definition) is 0. The van der Waals surface area contributed by atoms with E-state index in [9.17, 15) is 0 Å². The second-order valence-electron chi connectivity index (χ2n) is 9.25. The second kappa shape index (κ2) is 11.7. The third-order valence-electron chi connectivity index (χ3n) is 7.32. The Kier molecular flexibility index (Phi) is 10.4. The van der Waals surface area contributed by atoms with Gasteiger partial charge in [-0.3, -0.25) is 0 Å². The van der Waals surface area contributed by atoms with Crippen LogP contribution in [0.3, 0.4) is 0 Å².